The van der Waals surface area contributed by atoms with E-state index in [4.69, 9.17) is 4.74 Å². The summed E-state index contributed by atoms with van der Waals surface area (Å²) in [5.41, 5.74) is 3.47. The number of rotatable bonds is 8. The summed E-state index contributed by atoms with van der Waals surface area (Å²) in [6.45, 7) is 1.97. The molecule has 0 aliphatic rings. The number of ether oxygens (including phenoxy) is 1. The van der Waals surface area contributed by atoms with Crippen molar-refractivity contribution in [1.29, 1.82) is 0 Å². The average Bonchev–Trinajstić information content (AvgIpc) is 3.05. The van der Waals surface area contributed by atoms with E-state index in [2.05, 4.69) is 58.9 Å². The quantitative estimate of drug-likeness (QED) is 0.647. The van der Waals surface area contributed by atoms with Gasteiger partial charge in [-0.3, -0.25) is 4.68 Å². The number of benzene rings is 2. The average molecular weight is 321 g/mol. The van der Waals surface area contributed by atoms with Crippen LogP contribution >= 0.6 is 0 Å². The van der Waals surface area contributed by atoms with Crippen molar-refractivity contribution in [2.75, 3.05) is 13.2 Å². The molecule has 0 unspecified atom stereocenters. The van der Waals surface area contributed by atoms with Crippen LogP contribution in [0.15, 0.2) is 72.9 Å². The van der Waals surface area contributed by atoms with E-state index in [1.54, 1.807) is 4.68 Å². The molecular weight excluding hydrogens is 298 g/mol. The summed E-state index contributed by atoms with van der Waals surface area (Å²) < 4.78 is 7.51. The molecule has 0 radical (unpaired) electrons. The second kappa shape index (κ2) is 8.43. The van der Waals surface area contributed by atoms with E-state index >= 15 is 0 Å². The molecule has 1 aromatic heterocycles. The predicted octanol–water partition coefficient (Wildman–Crippen LogP) is 3.32. The van der Waals surface area contributed by atoms with Gasteiger partial charge < -0.3 is 10.1 Å². The molecule has 1 N–H and O–H groups in total. The maximum Gasteiger partial charge on any atom is 0.0907 e. The Kier molecular flexibility index (Phi) is 5.77. The minimum absolute atomic E-state index is 0.172. The third-order valence-corrected chi connectivity index (χ3v) is 3.88. The minimum atomic E-state index is 0.172. The van der Waals surface area contributed by atoms with Crippen LogP contribution in [0.4, 0.5) is 0 Å². The number of nitrogens with zero attached hydrogens (tertiary/aromatic N) is 2. The molecule has 3 aromatic rings. The van der Waals surface area contributed by atoms with Crippen LogP contribution in [0, 0.1) is 0 Å². The molecule has 0 fully saturated rings. The van der Waals surface area contributed by atoms with E-state index in [1.165, 1.54) is 11.1 Å². The van der Waals surface area contributed by atoms with Gasteiger partial charge in [0.25, 0.3) is 0 Å². The van der Waals surface area contributed by atoms with Gasteiger partial charge in [-0.2, -0.15) is 5.10 Å². The molecule has 0 atom stereocenters. The van der Waals surface area contributed by atoms with Gasteiger partial charge in [-0.1, -0.05) is 60.7 Å². The summed E-state index contributed by atoms with van der Waals surface area (Å²) in [5.74, 6) is 0. The van der Waals surface area contributed by atoms with E-state index < -0.39 is 0 Å². The molecule has 3 rings (SSSR count). The van der Waals surface area contributed by atoms with E-state index in [1.807, 2.05) is 31.4 Å². The number of aryl methyl sites for hydroxylation is 1. The predicted molar refractivity (Wildman–Crippen MR) is 95.6 cm³/mol. The highest BCUT2D eigenvalue weighted by Gasteiger charge is 2.12. The Hall–Kier alpha value is -2.43. The summed E-state index contributed by atoms with van der Waals surface area (Å²) in [4.78, 5) is 0. The van der Waals surface area contributed by atoms with Crippen LogP contribution in [-0.2, 0) is 18.4 Å². The molecule has 1 heterocycles. The molecule has 0 amide bonds. The minimum Gasteiger partial charge on any atom is -0.374 e. The molecule has 0 bridgehead atoms. The Morgan fingerprint density at radius 2 is 1.58 bits per heavy atom. The van der Waals surface area contributed by atoms with Gasteiger partial charge in [-0.05, 0) is 17.2 Å². The first-order valence-corrected chi connectivity index (χ1v) is 8.22. The smallest absolute Gasteiger partial charge is 0.0907 e. The second-order valence-electron chi connectivity index (χ2n) is 5.74. The zero-order valence-corrected chi connectivity index (χ0v) is 13.9. The van der Waals surface area contributed by atoms with Crippen molar-refractivity contribution in [2.24, 2.45) is 7.05 Å². The Balaban J connectivity index is 1.55. The summed E-state index contributed by atoms with van der Waals surface area (Å²) in [6, 6.07) is 23.1. The highest BCUT2D eigenvalue weighted by molar-refractivity contribution is 5.31. The van der Waals surface area contributed by atoms with Gasteiger partial charge in [0.2, 0.25) is 0 Å². The summed E-state index contributed by atoms with van der Waals surface area (Å²) in [6.07, 6.45) is 1.93. The maximum atomic E-state index is 5.72. The lowest BCUT2D eigenvalue weighted by molar-refractivity contribution is 0.118. The van der Waals surface area contributed by atoms with Crippen molar-refractivity contribution in [2.45, 2.75) is 12.6 Å². The van der Waals surface area contributed by atoms with Crippen LogP contribution in [-0.4, -0.2) is 22.9 Å². The monoisotopic (exact) mass is 321 g/mol. The normalized spacial score (nSPS) is 11.1. The number of hydrogen-bond donors (Lipinski definition) is 1. The van der Waals surface area contributed by atoms with Gasteiger partial charge in [0, 0.05) is 19.8 Å². The van der Waals surface area contributed by atoms with Crippen molar-refractivity contribution >= 4 is 0 Å². The largest absolute Gasteiger partial charge is 0.374 e. The van der Waals surface area contributed by atoms with Crippen molar-refractivity contribution in [3.05, 3.63) is 89.7 Å². The fourth-order valence-corrected chi connectivity index (χ4v) is 2.71. The lowest BCUT2D eigenvalue weighted by Gasteiger charge is -2.20. The molecule has 4 heteroatoms. The van der Waals surface area contributed by atoms with Crippen LogP contribution in [0.25, 0.3) is 0 Å². The van der Waals surface area contributed by atoms with Gasteiger partial charge in [-0.15, -0.1) is 0 Å². The topological polar surface area (TPSA) is 39.1 Å². The molecule has 0 saturated carbocycles. The molecular formula is C20H23N3O. The summed E-state index contributed by atoms with van der Waals surface area (Å²) in [5, 5.41) is 7.90. The highest BCUT2D eigenvalue weighted by Crippen LogP contribution is 2.21. The fraction of sp³-hybridized carbons (Fsp3) is 0.250. The van der Waals surface area contributed by atoms with E-state index in [-0.39, 0.29) is 6.04 Å². The summed E-state index contributed by atoms with van der Waals surface area (Å²) in [7, 11) is 1.91. The van der Waals surface area contributed by atoms with Gasteiger partial charge in [0.15, 0.2) is 0 Å². The van der Waals surface area contributed by atoms with Gasteiger partial charge in [-0.25, -0.2) is 0 Å². The lowest BCUT2D eigenvalue weighted by Crippen LogP contribution is -2.26. The molecule has 4 nitrogen and oxygen atoms in total. The zero-order valence-electron chi connectivity index (χ0n) is 13.9. The molecule has 0 spiro atoms. The molecule has 24 heavy (non-hydrogen) atoms. The molecule has 0 aliphatic carbocycles. The first-order valence-electron chi connectivity index (χ1n) is 8.22. The van der Waals surface area contributed by atoms with Crippen LogP contribution in [0.1, 0.15) is 22.9 Å². The van der Waals surface area contributed by atoms with Crippen LogP contribution in [0.5, 0.6) is 0 Å². The van der Waals surface area contributed by atoms with Gasteiger partial charge in [0.05, 0.1) is 24.9 Å². The van der Waals surface area contributed by atoms with E-state index in [0.29, 0.717) is 13.2 Å². The Labute approximate surface area is 143 Å². The first-order chi connectivity index (χ1) is 11.8. The Bertz CT molecular complexity index is 685. The third kappa shape index (κ3) is 4.54. The van der Waals surface area contributed by atoms with E-state index in [9.17, 15) is 0 Å². The van der Waals surface area contributed by atoms with Crippen LogP contribution < -0.4 is 5.32 Å². The standard InChI is InChI=1S/C20H23N3O/c1-23-14-12-19(22-23)16-24-15-13-21-20(17-8-4-2-5-9-17)18-10-6-3-7-11-18/h2-12,14,20-21H,13,15-16H2,1H3. The van der Waals surface area contributed by atoms with Crippen LogP contribution in [0.3, 0.4) is 0 Å². The molecule has 2 aromatic carbocycles. The van der Waals surface area contributed by atoms with Crippen molar-refractivity contribution < 1.29 is 4.74 Å². The number of nitrogens with one attached hydrogen (secondary N) is 1. The van der Waals surface area contributed by atoms with Gasteiger partial charge >= 0.3 is 0 Å². The second-order valence-corrected chi connectivity index (χ2v) is 5.74. The van der Waals surface area contributed by atoms with Crippen molar-refractivity contribution in [3.8, 4) is 0 Å². The summed E-state index contributed by atoms with van der Waals surface area (Å²) >= 11 is 0. The fourth-order valence-electron chi connectivity index (χ4n) is 2.71. The van der Waals surface area contributed by atoms with Gasteiger partial charge in [0.1, 0.15) is 0 Å². The number of hydrogen-bond acceptors (Lipinski definition) is 3. The Morgan fingerprint density at radius 3 is 2.12 bits per heavy atom. The van der Waals surface area contributed by atoms with Crippen LogP contribution in [0.2, 0.25) is 0 Å². The molecule has 0 aliphatic heterocycles. The lowest BCUT2D eigenvalue weighted by atomic mass is 9.99. The Morgan fingerprint density at radius 1 is 0.958 bits per heavy atom. The first kappa shape index (κ1) is 16.4. The molecule has 0 saturated heterocycles. The van der Waals surface area contributed by atoms with Crippen molar-refractivity contribution in [3.63, 3.8) is 0 Å². The number of aromatic nitrogens is 2. The highest BCUT2D eigenvalue weighted by atomic mass is 16.5. The maximum absolute atomic E-state index is 5.72. The zero-order chi connectivity index (χ0) is 16.6. The van der Waals surface area contributed by atoms with E-state index in [0.717, 1.165) is 12.2 Å². The van der Waals surface area contributed by atoms with Crippen molar-refractivity contribution in [1.82, 2.24) is 15.1 Å². The SMILES string of the molecule is Cn1ccc(COCCNC(c2ccccc2)c2ccccc2)n1. The molecule has 124 valence electrons. The third-order valence-electron chi connectivity index (χ3n) is 3.88.